The quantitative estimate of drug-likeness (QED) is 0.317. The van der Waals surface area contributed by atoms with Crippen molar-refractivity contribution in [1.29, 1.82) is 0 Å². The summed E-state index contributed by atoms with van der Waals surface area (Å²) < 4.78 is 0. The van der Waals surface area contributed by atoms with Crippen molar-refractivity contribution in [3.05, 3.63) is 0 Å². The van der Waals surface area contributed by atoms with Crippen LogP contribution in [0.4, 0.5) is 0 Å². The third kappa shape index (κ3) is 6.09. The Labute approximate surface area is 149 Å². The number of hydrogen-bond acceptors (Lipinski definition) is 0. The number of hydrogen-bond donors (Lipinski definition) is 0. The van der Waals surface area contributed by atoms with E-state index in [0.29, 0.717) is 5.41 Å². The molecule has 0 aliphatic carbocycles. The summed E-state index contributed by atoms with van der Waals surface area (Å²) >= 11 is 0. The van der Waals surface area contributed by atoms with Crippen LogP contribution >= 0.6 is 0 Å². The summed E-state index contributed by atoms with van der Waals surface area (Å²) in [6, 6.07) is 0. The summed E-state index contributed by atoms with van der Waals surface area (Å²) in [5.74, 6) is 4.82. The van der Waals surface area contributed by atoms with Gasteiger partial charge in [0.1, 0.15) is 0 Å². The second-order valence-corrected chi connectivity index (χ2v) is 9.16. The van der Waals surface area contributed by atoms with Crippen LogP contribution in [0, 0.1) is 40.9 Å². The van der Waals surface area contributed by atoms with Crippen molar-refractivity contribution in [2.75, 3.05) is 0 Å². The Bertz CT molecular complexity index is 292. The van der Waals surface area contributed by atoms with Gasteiger partial charge in [-0.2, -0.15) is 0 Å². The third-order valence-corrected chi connectivity index (χ3v) is 7.93. The lowest BCUT2D eigenvalue weighted by Gasteiger charge is -2.49. The molecular formula is C23H48. The smallest absolute Gasteiger partial charge is 0.0249 e. The molecule has 0 N–H and O–H groups in total. The molecule has 0 radical (unpaired) electrons. The van der Waals surface area contributed by atoms with E-state index in [1.54, 1.807) is 0 Å². The monoisotopic (exact) mass is 324 g/mol. The highest BCUT2D eigenvalue weighted by Gasteiger charge is 2.42. The summed E-state index contributed by atoms with van der Waals surface area (Å²) in [5, 5.41) is 0. The lowest BCUT2D eigenvalue weighted by molar-refractivity contribution is -0.000643. The largest absolute Gasteiger partial charge is 0.0654 e. The minimum Gasteiger partial charge on any atom is -0.0654 e. The minimum absolute atomic E-state index is 0.449. The predicted octanol–water partition coefficient (Wildman–Crippen LogP) is 8.21. The third-order valence-electron chi connectivity index (χ3n) is 7.93. The van der Waals surface area contributed by atoms with E-state index < -0.39 is 0 Å². The fourth-order valence-electron chi connectivity index (χ4n) is 4.68. The highest BCUT2D eigenvalue weighted by Crippen LogP contribution is 2.49. The first-order valence-electron chi connectivity index (χ1n) is 10.6. The molecule has 0 heteroatoms. The molecule has 0 saturated carbocycles. The topological polar surface area (TPSA) is 0 Å². The summed E-state index contributed by atoms with van der Waals surface area (Å²) in [5.41, 5.74) is 0.449. The highest BCUT2D eigenvalue weighted by molar-refractivity contribution is 4.91. The van der Waals surface area contributed by atoms with E-state index in [2.05, 4.69) is 69.2 Å². The Morgan fingerprint density at radius 1 is 0.739 bits per heavy atom. The van der Waals surface area contributed by atoms with E-state index in [4.69, 9.17) is 0 Å². The Balaban J connectivity index is 4.85. The average Bonchev–Trinajstić information content (AvgIpc) is 2.54. The zero-order valence-electron chi connectivity index (χ0n) is 18.2. The van der Waals surface area contributed by atoms with E-state index in [-0.39, 0.29) is 0 Å². The van der Waals surface area contributed by atoms with Gasteiger partial charge in [0.25, 0.3) is 0 Å². The van der Waals surface area contributed by atoms with Gasteiger partial charge < -0.3 is 0 Å². The molecule has 6 atom stereocenters. The van der Waals surface area contributed by atoms with E-state index in [0.717, 1.165) is 35.5 Å². The van der Waals surface area contributed by atoms with Crippen molar-refractivity contribution in [3.63, 3.8) is 0 Å². The van der Waals surface area contributed by atoms with Gasteiger partial charge in [0.15, 0.2) is 0 Å². The molecule has 0 rings (SSSR count). The van der Waals surface area contributed by atoms with Crippen molar-refractivity contribution in [3.8, 4) is 0 Å². The van der Waals surface area contributed by atoms with Crippen LogP contribution in [0.15, 0.2) is 0 Å². The average molecular weight is 325 g/mol. The zero-order chi connectivity index (χ0) is 18.2. The molecule has 140 valence electrons. The molecule has 0 amide bonds. The molecule has 0 nitrogen and oxygen atoms in total. The lowest BCUT2D eigenvalue weighted by Crippen LogP contribution is -2.42. The van der Waals surface area contributed by atoms with Gasteiger partial charge in [-0.3, -0.25) is 0 Å². The Morgan fingerprint density at radius 2 is 1.30 bits per heavy atom. The molecule has 0 aromatic heterocycles. The van der Waals surface area contributed by atoms with Crippen LogP contribution < -0.4 is 0 Å². The SMILES string of the molecule is CCCCCCC(C)C(C)C(C)C(C)C(C)(C(C)C)C(C)CC. The summed E-state index contributed by atoms with van der Waals surface area (Å²) in [7, 11) is 0. The Kier molecular flexibility index (Phi) is 10.8. The molecule has 0 aromatic carbocycles. The molecule has 0 aliphatic heterocycles. The first kappa shape index (κ1) is 23.0. The van der Waals surface area contributed by atoms with Crippen LogP contribution in [0.3, 0.4) is 0 Å². The fraction of sp³-hybridized carbons (Fsp3) is 1.00. The van der Waals surface area contributed by atoms with Crippen molar-refractivity contribution in [2.45, 2.75) is 108 Å². The van der Waals surface area contributed by atoms with Gasteiger partial charge >= 0.3 is 0 Å². The molecule has 6 unspecified atom stereocenters. The molecular weight excluding hydrogens is 276 g/mol. The fourth-order valence-corrected chi connectivity index (χ4v) is 4.68. The maximum absolute atomic E-state index is 2.56. The highest BCUT2D eigenvalue weighted by atomic mass is 14.5. The van der Waals surface area contributed by atoms with E-state index >= 15 is 0 Å². The van der Waals surface area contributed by atoms with Gasteiger partial charge in [-0.05, 0) is 40.9 Å². The zero-order valence-corrected chi connectivity index (χ0v) is 18.2. The first-order valence-corrected chi connectivity index (χ1v) is 10.6. The van der Waals surface area contributed by atoms with Gasteiger partial charge in [0, 0.05) is 0 Å². The van der Waals surface area contributed by atoms with Crippen LogP contribution in [-0.2, 0) is 0 Å². The van der Waals surface area contributed by atoms with Crippen LogP contribution in [-0.4, -0.2) is 0 Å². The molecule has 0 fully saturated rings. The number of rotatable bonds is 12. The van der Waals surface area contributed by atoms with Gasteiger partial charge in [-0.15, -0.1) is 0 Å². The van der Waals surface area contributed by atoms with Gasteiger partial charge in [0.2, 0.25) is 0 Å². The van der Waals surface area contributed by atoms with E-state index in [1.807, 2.05) is 0 Å². The summed E-state index contributed by atoms with van der Waals surface area (Å²) in [4.78, 5) is 0. The first-order chi connectivity index (χ1) is 10.6. The van der Waals surface area contributed by atoms with Crippen molar-refractivity contribution in [1.82, 2.24) is 0 Å². The lowest BCUT2D eigenvalue weighted by atomic mass is 9.56. The summed E-state index contributed by atoms with van der Waals surface area (Å²) in [6.07, 6.45) is 8.32. The van der Waals surface area contributed by atoms with Crippen LogP contribution in [0.5, 0.6) is 0 Å². The maximum atomic E-state index is 2.56. The Morgan fingerprint density at radius 3 is 1.74 bits per heavy atom. The van der Waals surface area contributed by atoms with Gasteiger partial charge in [-0.25, -0.2) is 0 Å². The molecule has 0 bridgehead atoms. The minimum atomic E-state index is 0.449. The second kappa shape index (κ2) is 10.8. The van der Waals surface area contributed by atoms with Crippen LogP contribution in [0.25, 0.3) is 0 Å². The number of unbranched alkanes of at least 4 members (excludes halogenated alkanes) is 3. The van der Waals surface area contributed by atoms with Crippen LogP contribution in [0.1, 0.15) is 108 Å². The molecule has 0 heterocycles. The molecule has 0 spiro atoms. The second-order valence-electron chi connectivity index (χ2n) is 9.16. The maximum Gasteiger partial charge on any atom is -0.0249 e. The summed E-state index contributed by atoms with van der Waals surface area (Å²) in [6.45, 7) is 24.7. The molecule has 0 aliphatic rings. The van der Waals surface area contributed by atoms with Crippen molar-refractivity contribution < 1.29 is 0 Å². The van der Waals surface area contributed by atoms with Gasteiger partial charge in [-0.1, -0.05) is 108 Å². The predicted molar refractivity (Wildman–Crippen MR) is 108 cm³/mol. The normalized spacial score (nSPS) is 21.5. The van der Waals surface area contributed by atoms with Crippen molar-refractivity contribution in [2.24, 2.45) is 40.9 Å². The van der Waals surface area contributed by atoms with E-state index in [1.165, 1.54) is 38.5 Å². The van der Waals surface area contributed by atoms with Crippen LogP contribution in [0.2, 0.25) is 0 Å². The van der Waals surface area contributed by atoms with Crippen molar-refractivity contribution >= 4 is 0 Å². The molecule has 0 aromatic rings. The molecule has 0 saturated heterocycles. The molecule has 23 heavy (non-hydrogen) atoms. The van der Waals surface area contributed by atoms with E-state index in [9.17, 15) is 0 Å². The van der Waals surface area contributed by atoms with Gasteiger partial charge in [0.05, 0.1) is 0 Å². The Hall–Kier alpha value is 0. The standard InChI is InChI=1S/C23H48/c1-11-13-14-15-16-18(5)20(7)21(8)22(9)23(10,17(3)4)19(6)12-2/h17-22H,11-16H2,1-10H3.